The molecule has 0 bridgehead atoms. The Bertz CT molecular complexity index is 903. The summed E-state index contributed by atoms with van der Waals surface area (Å²) in [4.78, 5) is 28.2. The fourth-order valence-corrected chi connectivity index (χ4v) is 3.20. The summed E-state index contributed by atoms with van der Waals surface area (Å²) in [5.74, 6) is 0.850. The number of urea groups is 1. The van der Waals surface area contributed by atoms with Gasteiger partial charge in [-0.1, -0.05) is 12.1 Å². The van der Waals surface area contributed by atoms with E-state index in [0.29, 0.717) is 31.9 Å². The third kappa shape index (κ3) is 6.16. The SMILES string of the molecule is Cc1ccc(C(=O)N2CCN(C(=O)NC(C)c3ccc(OCC(F)(F)F)cc3)CC2)o1. The summed E-state index contributed by atoms with van der Waals surface area (Å²) < 4.78 is 46.7. The first-order chi connectivity index (χ1) is 14.6. The normalized spacial score (nSPS) is 15.5. The molecule has 0 spiro atoms. The van der Waals surface area contributed by atoms with E-state index in [-0.39, 0.29) is 29.5 Å². The number of hydrogen-bond donors (Lipinski definition) is 1. The summed E-state index contributed by atoms with van der Waals surface area (Å²) in [6, 6.07) is 8.83. The van der Waals surface area contributed by atoms with Gasteiger partial charge in [-0.2, -0.15) is 13.2 Å². The van der Waals surface area contributed by atoms with Crippen LogP contribution in [0.2, 0.25) is 0 Å². The molecule has 1 aliphatic rings. The number of rotatable bonds is 5. The van der Waals surface area contributed by atoms with Gasteiger partial charge < -0.3 is 24.3 Å². The van der Waals surface area contributed by atoms with Gasteiger partial charge in [0.25, 0.3) is 5.91 Å². The summed E-state index contributed by atoms with van der Waals surface area (Å²) in [5, 5.41) is 2.86. The number of piperazine rings is 1. The van der Waals surface area contributed by atoms with Crippen LogP contribution in [0.5, 0.6) is 5.75 Å². The van der Waals surface area contributed by atoms with Crippen molar-refractivity contribution in [2.75, 3.05) is 32.8 Å². The molecule has 1 unspecified atom stereocenters. The predicted octanol–water partition coefficient (Wildman–Crippen LogP) is 3.76. The number of ether oxygens (including phenoxy) is 1. The average molecular weight is 439 g/mol. The Morgan fingerprint density at radius 1 is 1.06 bits per heavy atom. The molecule has 1 atom stereocenters. The second kappa shape index (κ2) is 9.32. The fourth-order valence-electron chi connectivity index (χ4n) is 3.20. The van der Waals surface area contributed by atoms with Crippen LogP contribution >= 0.6 is 0 Å². The number of benzene rings is 1. The summed E-state index contributed by atoms with van der Waals surface area (Å²) in [6.07, 6.45) is -4.40. The number of halogens is 3. The maximum Gasteiger partial charge on any atom is 0.422 e. The zero-order valence-electron chi connectivity index (χ0n) is 17.2. The first kappa shape index (κ1) is 22.5. The summed E-state index contributed by atoms with van der Waals surface area (Å²) in [5.41, 5.74) is 0.731. The number of amides is 3. The first-order valence-electron chi connectivity index (χ1n) is 9.83. The standard InChI is InChI=1S/C21H24F3N3O4/c1-14-3-8-18(31-14)19(28)26-9-11-27(12-10-26)20(29)25-15(2)16-4-6-17(7-5-16)30-13-21(22,23)24/h3-8,15H,9-13H2,1-2H3,(H,25,29). The van der Waals surface area contributed by atoms with Crippen molar-refractivity contribution < 1.29 is 31.9 Å². The van der Waals surface area contributed by atoms with Gasteiger partial charge in [-0.15, -0.1) is 0 Å². The van der Waals surface area contributed by atoms with Crippen molar-refractivity contribution >= 4 is 11.9 Å². The molecule has 10 heteroatoms. The van der Waals surface area contributed by atoms with E-state index in [0.717, 1.165) is 5.56 Å². The molecule has 1 fully saturated rings. The van der Waals surface area contributed by atoms with Crippen LogP contribution in [0.3, 0.4) is 0 Å². The maximum absolute atomic E-state index is 12.6. The number of furan rings is 1. The number of nitrogens with one attached hydrogen (secondary N) is 1. The molecule has 1 aromatic carbocycles. The second-order valence-electron chi connectivity index (χ2n) is 7.33. The molecule has 31 heavy (non-hydrogen) atoms. The number of carbonyl (C=O) groups is 2. The number of nitrogens with zero attached hydrogens (tertiary/aromatic N) is 2. The Labute approximate surface area is 177 Å². The van der Waals surface area contributed by atoms with Gasteiger partial charge in [0.15, 0.2) is 12.4 Å². The van der Waals surface area contributed by atoms with Crippen LogP contribution in [0.15, 0.2) is 40.8 Å². The maximum atomic E-state index is 12.6. The van der Waals surface area contributed by atoms with Crippen molar-refractivity contribution in [2.45, 2.75) is 26.1 Å². The smallest absolute Gasteiger partial charge is 0.422 e. The molecule has 0 radical (unpaired) electrons. The van der Waals surface area contributed by atoms with E-state index < -0.39 is 12.8 Å². The van der Waals surface area contributed by atoms with Crippen LogP contribution in [0.25, 0.3) is 0 Å². The molecule has 7 nitrogen and oxygen atoms in total. The van der Waals surface area contributed by atoms with E-state index in [2.05, 4.69) is 10.1 Å². The highest BCUT2D eigenvalue weighted by molar-refractivity contribution is 5.91. The lowest BCUT2D eigenvalue weighted by Gasteiger charge is -2.35. The van der Waals surface area contributed by atoms with E-state index in [1.54, 1.807) is 47.9 Å². The number of hydrogen-bond acceptors (Lipinski definition) is 4. The van der Waals surface area contributed by atoms with Crippen LogP contribution in [-0.4, -0.2) is 60.7 Å². The highest BCUT2D eigenvalue weighted by Crippen LogP contribution is 2.21. The van der Waals surface area contributed by atoms with E-state index in [9.17, 15) is 22.8 Å². The van der Waals surface area contributed by atoms with Gasteiger partial charge in [0.05, 0.1) is 6.04 Å². The van der Waals surface area contributed by atoms with Crippen molar-refractivity contribution in [3.8, 4) is 5.75 Å². The molecular weight excluding hydrogens is 415 g/mol. The van der Waals surface area contributed by atoms with Crippen molar-refractivity contribution in [2.24, 2.45) is 0 Å². The van der Waals surface area contributed by atoms with Gasteiger partial charge >= 0.3 is 12.2 Å². The van der Waals surface area contributed by atoms with Gasteiger partial charge in [-0.25, -0.2) is 4.79 Å². The Morgan fingerprint density at radius 3 is 2.23 bits per heavy atom. The van der Waals surface area contributed by atoms with Crippen molar-refractivity contribution in [3.05, 3.63) is 53.5 Å². The molecule has 1 aliphatic heterocycles. The molecule has 1 N–H and O–H groups in total. The van der Waals surface area contributed by atoms with Crippen LogP contribution in [-0.2, 0) is 0 Å². The van der Waals surface area contributed by atoms with Crippen LogP contribution in [0.1, 0.15) is 34.8 Å². The van der Waals surface area contributed by atoms with Gasteiger partial charge in [0, 0.05) is 26.2 Å². The van der Waals surface area contributed by atoms with Gasteiger partial charge in [0.1, 0.15) is 11.5 Å². The Morgan fingerprint density at radius 2 is 1.68 bits per heavy atom. The fraction of sp³-hybridized carbons (Fsp3) is 0.429. The third-order valence-corrected chi connectivity index (χ3v) is 4.93. The van der Waals surface area contributed by atoms with Gasteiger partial charge in [0.2, 0.25) is 0 Å². The topological polar surface area (TPSA) is 75.0 Å². The molecule has 3 amide bonds. The number of aryl methyl sites for hydroxylation is 1. The lowest BCUT2D eigenvalue weighted by atomic mass is 10.1. The van der Waals surface area contributed by atoms with Crippen molar-refractivity contribution in [1.29, 1.82) is 0 Å². The molecule has 2 heterocycles. The summed E-state index contributed by atoms with van der Waals surface area (Å²) in [6.45, 7) is 3.75. The van der Waals surface area contributed by atoms with Crippen LogP contribution in [0, 0.1) is 6.92 Å². The van der Waals surface area contributed by atoms with E-state index >= 15 is 0 Å². The van der Waals surface area contributed by atoms with E-state index in [1.165, 1.54) is 12.1 Å². The third-order valence-electron chi connectivity index (χ3n) is 4.93. The molecule has 0 aliphatic carbocycles. The average Bonchev–Trinajstić information content (AvgIpc) is 3.18. The second-order valence-corrected chi connectivity index (χ2v) is 7.33. The van der Waals surface area contributed by atoms with E-state index in [4.69, 9.17) is 4.42 Å². The minimum atomic E-state index is -4.40. The van der Waals surface area contributed by atoms with Crippen LogP contribution in [0.4, 0.5) is 18.0 Å². The zero-order valence-corrected chi connectivity index (χ0v) is 17.2. The van der Waals surface area contributed by atoms with Gasteiger partial charge in [-0.05, 0) is 43.7 Å². The van der Waals surface area contributed by atoms with Crippen LogP contribution < -0.4 is 10.1 Å². The largest absolute Gasteiger partial charge is 0.484 e. The highest BCUT2D eigenvalue weighted by Gasteiger charge is 2.29. The minimum Gasteiger partial charge on any atom is -0.484 e. The molecule has 168 valence electrons. The molecule has 2 aromatic rings. The van der Waals surface area contributed by atoms with Gasteiger partial charge in [-0.3, -0.25) is 4.79 Å². The van der Waals surface area contributed by atoms with E-state index in [1.807, 2.05) is 0 Å². The lowest BCUT2D eigenvalue weighted by Crippen LogP contribution is -2.53. The lowest BCUT2D eigenvalue weighted by molar-refractivity contribution is -0.153. The molecule has 0 saturated carbocycles. The van der Waals surface area contributed by atoms with Crippen molar-refractivity contribution in [1.82, 2.24) is 15.1 Å². The number of carbonyl (C=O) groups excluding carboxylic acids is 2. The molecule has 1 aromatic heterocycles. The molecular formula is C21H24F3N3O4. The summed E-state index contributed by atoms with van der Waals surface area (Å²) >= 11 is 0. The molecule has 1 saturated heterocycles. The number of alkyl halides is 3. The monoisotopic (exact) mass is 439 g/mol. The Hall–Kier alpha value is -3.17. The van der Waals surface area contributed by atoms with Crippen molar-refractivity contribution in [3.63, 3.8) is 0 Å². The predicted molar refractivity (Wildman–Crippen MR) is 106 cm³/mol. The Balaban J connectivity index is 1.47. The minimum absolute atomic E-state index is 0.104. The highest BCUT2D eigenvalue weighted by atomic mass is 19.4. The summed E-state index contributed by atoms with van der Waals surface area (Å²) in [7, 11) is 0. The zero-order chi connectivity index (χ0) is 22.6. The molecule has 3 rings (SSSR count). The quantitative estimate of drug-likeness (QED) is 0.770. The first-order valence-corrected chi connectivity index (χ1v) is 9.83. The Kier molecular flexibility index (Phi) is 6.77.